The molecule has 0 saturated heterocycles. The summed E-state index contributed by atoms with van der Waals surface area (Å²) in [6, 6.07) is 13.2. The summed E-state index contributed by atoms with van der Waals surface area (Å²) in [5.74, 6) is 1.36. The van der Waals surface area contributed by atoms with E-state index in [0.717, 1.165) is 30.0 Å². The molecule has 2 aromatic carbocycles. The third-order valence-corrected chi connectivity index (χ3v) is 4.22. The molecule has 0 aliphatic carbocycles. The number of halogens is 2. The van der Waals surface area contributed by atoms with E-state index in [1.165, 1.54) is 6.07 Å². The van der Waals surface area contributed by atoms with Gasteiger partial charge in [-0.05, 0) is 51.2 Å². The number of guanidine groups is 1. The molecule has 0 heterocycles. The SMILES string of the molecule is CCNC(=NCc1ccc(C)c(F)c1)NCc1ccccc1OCCN(C)C.I. The molecule has 2 aromatic rings. The molecule has 0 amide bonds. The Morgan fingerprint density at radius 3 is 2.59 bits per heavy atom. The molecular weight excluding hydrogens is 482 g/mol. The van der Waals surface area contributed by atoms with Gasteiger partial charge in [0.1, 0.15) is 18.2 Å². The number of para-hydroxylation sites is 1. The number of nitrogens with zero attached hydrogens (tertiary/aromatic N) is 2. The maximum absolute atomic E-state index is 13.7. The number of nitrogens with one attached hydrogen (secondary N) is 2. The van der Waals surface area contributed by atoms with Crippen molar-refractivity contribution in [3.8, 4) is 5.75 Å². The minimum atomic E-state index is -0.200. The fourth-order valence-corrected chi connectivity index (χ4v) is 2.55. The zero-order chi connectivity index (χ0) is 20.4. The largest absolute Gasteiger partial charge is 0.492 e. The predicted octanol–water partition coefficient (Wildman–Crippen LogP) is 3.95. The number of ether oxygens (including phenoxy) is 1. The van der Waals surface area contributed by atoms with Crippen LogP contribution in [0.1, 0.15) is 23.6 Å². The first kappa shape index (κ1) is 25.2. The third kappa shape index (κ3) is 8.99. The fraction of sp³-hybridized carbons (Fsp3) is 0.409. The average Bonchev–Trinajstić information content (AvgIpc) is 2.67. The Labute approximate surface area is 190 Å². The van der Waals surface area contributed by atoms with Gasteiger partial charge in [0.25, 0.3) is 0 Å². The van der Waals surface area contributed by atoms with E-state index in [1.807, 2.05) is 51.4 Å². The summed E-state index contributed by atoms with van der Waals surface area (Å²) in [7, 11) is 4.05. The van der Waals surface area contributed by atoms with Gasteiger partial charge in [-0.1, -0.05) is 30.3 Å². The van der Waals surface area contributed by atoms with Crippen molar-refractivity contribution in [2.24, 2.45) is 4.99 Å². The van der Waals surface area contributed by atoms with Crippen LogP contribution in [-0.4, -0.2) is 44.7 Å². The van der Waals surface area contributed by atoms with Gasteiger partial charge in [-0.15, -0.1) is 24.0 Å². The van der Waals surface area contributed by atoms with Crippen LogP contribution in [0.2, 0.25) is 0 Å². The number of hydrogen-bond donors (Lipinski definition) is 2. The molecule has 0 aromatic heterocycles. The molecule has 0 unspecified atom stereocenters. The highest BCUT2D eigenvalue weighted by atomic mass is 127. The first-order chi connectivity index (χ1) is 13.5. The minimum Gasteiger partial charge on any atom is -0.492 e. The number of aliphatic imine (C=N–C) groups is 1. The Morgan fingerprint density at radius 2 is 1.90 bits per heavy atom. The minimum absolute atomic E-state index is 0. The molecule has 0 aliphatic heterocycles. The lowest BCUT2D eigenvalue weighted by Crippen LogP contribution is -2.36. The van der Waals surface area contributed by atoms with Crippen molar-refractivity contribution >= 4 is 29.9 Å². The molecule has 5 nitrogen and oxygen atoms in total. The average molecular weight is 514 g/mol. The van der Waals surface area contributed by atoms with Crippen molar-refractivity contribution in [2.75, 3.05) is 33.8 Å². The van der Waals surface area contributed by atoms with Gasteiger partial charge in [0, 0.05) is 25.2 Å². The summed E-state index contributed by atoms with van der Waals surface area (Å²) in [5.41, 5.74) is 2.55. The van der Waals surface area contributed by atoms with Crippen molar-refractivity contribution < 1.29 is 9.13 Å². The Bertz CT molecular complexity index is 783. The van der Waals surface area contributed by atoms with Gasteiger partial charge in [0.2, 0.25) is 0 Å². The van der Waals surface area contributed by atoms with Gasteiger partial charge in [-0.25, -0.2) is 9.38 Å². The van der Waals surface area contributed by atoms with E-state index in [9.17, 15) is 4.39 Å². The second kappa shape index (κ2) is 13.4. The van der Waals surface area contributed by atoms with Crippen molar-refractivity contribution in [1.29, 1.82) is 0 Å². The standard InChI is InChI=1S/C22H31FN4O.HI/c1-5-24-22(25-15-18-11-10-17(2)20(23)14-18)26-16-19-8-6-7-9-21(19)28-13-12-27(3)4;/h6-11,14H,5,12-13,15-16H2,1-4H3,(H2,24,25,26);1H. The molecule has 0 aliphatic rings. The summed E-state index contributed by atoms with van der Waals surface area (Å²) in [4.78, 5) is 6.65. The van der Waals surface area contributed by atoms with E-state index in [2.05, 4.69) is 20.5 Å². The van der Waals surface area contributed by atoms with Gasteiger partial charge in [-0.3, -0.25) is 0 Å². The Balaban J connectivity index is 0.00000420. The zero-order valence-electron chi connectivity index (χ0n) is 17.7. The monoisotopic (exact) mass is 514 g/mol. The Morgan fingerprint density at radius 1 is 1.14 bits per heavy atom. The van der Waals surface area contributed by atoms with E-state index in [4.69, 9.17) is 4.74 Å². The molecule has 0 atom stereocenters. The van der Waals surface area contributed by atoms with E-state index in [1.54, 1.807) is 13.0 Å². The number of rotatable bonds is 9. The van der Waals surface area contributed by atoms with E-state index in [-0.39, 0.29) is 29.8 Å². The smallest absolute Gasteiger partial charge is 0.191 e. The normalized spacial score (nSPS) is 11.2. The van der Waals surface area contributed by atoms with Crippen LogP contribution in [0.3, 0.4) is 0 Å². The maximum Gasteiger partial charge on any atom is 0.191 e. The lowest BCUT2D eigenvalue weighted by atomic mass is 10.1. The van der Waals surface area contributed by atoms with Crippen LogP contribution >= 0.6 is 24.0 Å². The summed E-state index contributed by atoms with van der Waals surface area (Å²) < 4.78 is 19.6. The topological polar surface area (TPSA) is 48.9 Å². The van der Waals surface area contributed by atoms with E-state index < -0.39 is 0 Å². The van der Waals surface area contributed by atoms with Crippen LogP contribution in [0, 0.1) is 12.7 Å². The van der Waals surface area contributed by atoms with E-state index >= 15 is 0 Å². The molecule has 0 fully saturated rings. The van der Waals surface area contributed by atoms with Crippen LogP contribution in [0.25, 0.3) is 0 Å². The van der Waals surface area contributed by atoms with Gasteiger partial charge < -0.3 is 20.3 Å². The van der Waals surface area contributed by atoms with Crippen molar-refractivity contribution in [3.05, 3.63) is 65.0 Å². The van der Waals surface area contributed by atoms with Crippen LogP contribution in [0.15, 0.2) is 47.5 Å². The Kier molecular flexibility index (Phi) is 11.6. The highest BCUT2D eigenvalue weighted by Crippen LogP contribution is 2.17. The van der Waals surface area contributed by atoms with E-state index in [0.29, 0.717) is 31.2 Å². The van der Waals surface area contributed by atoms with Gasteiger partial charge >= 0.3 is 0 Å². The second-order valence-electron chi connectivity index (χ2n) is 6.89. The molecule has 0 saturated carbocycles. The molecule has 7 heteroatoms. The predicted molar refractivity (Wildman–Crippen MR) is 129 cm³/mol. The van der Waals surface area contributed by atoms with Crippen LogP contribution in [0.4, 0.5) is 4.39 Å². The summed E-state index contributed by atoms with van der Waals surface area (Å²) >= 11 is 0. The van der Waals surface area contributed by atoms with Gasteiger partial charge in [-0.2, -0.15) is 0 Å². The van der Waals surface area contributed by atoms with Crippen molar-refractivity contribution in [3.63, 3.8) is 0 Å². The zero-order valence-corrected chi connectivity index (χ0v) is 20.0. The van der Waals surface area contributed by atoms with Gasteiger partial charge in [0.05, 0.1) is 6.54 Å². The van der Waals surface area contributed by atoms with Crippen molar-refractivity contribution in [1.82, 2.24) is 15.5 Å². The molecule has 0 spiro atoms. The van der Waals surface area contributed by atoms with Gasteiger partial charge in [0.15, 0.2) is 5.96 Å². The number of likely N-dealkylation sites (N-methyl/N-ethyl adjacent to an activating group) is 1. The summed E-state index contributed by atoms with van der Waals surface area (Å²) in [5, 5.41) is 6.55. The first-order valence-electron chi connectivity index (χ1n) is 9.62. The molecule has 160 valence electrons. The maximum atomic E-state index is 13.7. The quantitative estimate of drug-likeness (QED) is 0.303. The van der Waals surface area contributed by atoms with Crippen LogP contribution < -0.4 is 15.4 Å². The summed E-state index contributed by atoms with van der Waals surface area (Å²) in [6.45, 7) is 7.01. The lowest BCUT2D eigenvalue weighted by molar-refractivity contribution is 0.259. The van der Waals surface area contributed by atoms with Crippen molar-refractivity contribution in [2.45, 2.75) is 26.9 Å². The number of hydrogen-bond acceptors (Lipinski definition) is 3. The third-order valence-electron chi connectivity index (χ3n) is 4.22. The highest BCUT2D eigenvalue weighted by molar-refractivity contribution is 14.0. The number of aryl methyl sites for hydroxylation is 1. The molecule has 29 heavy (non-hydrogen) atoms. The molecule has 2 rings (SSSR count). The molecular formula is C22H32FIN4O. The van der Waals surface area contributed by atoms with Crippen LogP contribution in [0.5, 0.6) is 5.75 Å². The molecule has 0 bridgehead atoms. The second-order valence-corrected chi connectivity index (χ2v) is 6.89. The fourth-order valence-electron chi connectivity index (χ4n) is 2.55. The molecule has 2 N–H and O–H groups in total. The van der Waals surface area contributed by atoms with Crippen LogP contribution in [-0.2, 0) is 13.1 Å². The lowest BCUT2D eigenvalue weighted by Gasteiger charge is -2.16. The first-order valence-corrected chi connectivity index (χ1v) is 9.62. The molecule has 0 radical (unpaired) electrons. The summed E-state index contributed by atoms with van der Waals surface area (Å²) in [6.07, 6.45) is 0. The highest BCUT2D eigenvalue weighted by Gasteiger charge is 2.05. The Hall–Kier alpha value is -1.87. The number of benzene rings is 2.